The minimum absolute atomic E-state index is 0.615. The van der Waals surface area contributed by atoms with Crippen molar-refractivity contribution in [3.63, 3.8) is 0 Å². The number of benzene rings is 3. The van der Waals surface area contributed by atoms with Crippen LogP contribution < -0.4 is 0 Å². The summed E-state index contributed by atoms with van der Waals surface area (Å²) in [7, 11) is 0. The average molecular weight is 445 g/mol. The zero-order valence-electron chi connectivity index (χ0n) is 18.6. The molecule has 3 aromatic heterocycles. The molecule has 2 nitrogen and oxygen atoms in total. The fourth-order valence-corrected chi connectivity index (χ4v) is 6.93. The molecule has 3 aromatic carbocycles. The van der Waals surface area contributed by atoms with E-state index in [2.05, 4.69) is 72.6 Å². The summed E-state index contributed by atoms with van der Waals surface area (Å²) < 4.78 is 1.29. The summed E-state index contributed by atoms with van der Waals surface area (Å²) in [5.74, 6) is 0.615. The molecule has 3 heteroatoms. The Morgan fingerprint density at radius 3 is 2.61 bits per heavy atom. The van der Waals surface area contributed by atoms with E-state index in [4.69, 9.17) is 4.98 Å². The molecule has 1 aliphatic carbocycles. The maximum absolute atomic E-state index is 5.28. The minimum atomic E-state index is 0.615. The highest BCUT2D eigenvalue weighted by Gasteiger charge is 2.23. The first kappa shape index (κ1) is 19.2. The van der Waals surface area contributed by atoms with Crippen LogP contribution in [0.25, 0.3) is 53.2 Å². The predicted molar refractivity (Wildman–Crippen MR) is 141 cm³/mol. The van der Waals surface area contributed by atoms with Gasteiger partial charge in [0.25, 0.3) is 0 Å². The van der Waals surface area contributed by atoms with E-state index in [1.807, 2.05) is 12.3 Å². The molecule has 33 heavy (non-hydrogen) atoms. The van der Waals surface area contributed by atoms with E-state index in [1.165, 1.54) is 74.0 Å². The molecular formula is C30H24N2S. The van der Waals surface area contributed by atoms with Crippen LogP contribution >= 0.6 is 11.3 Å². The maximum atomic E-state index is 5.28. The molecule has 0 aliphatic heterocycles. The highest BCUT2D eigenvalue weighted by Crippen LogP contribution is 2.44. The van der Waals surface area contributed by atoms with Crippen LogP contribution in [0.5, 0.6) is 0 Å². The van der Waals surface area contributed by atoms with Gasteiger partial charge in [-0.05, 0) is 84.0 Å². The molecule has 0 bridgehead atoms. The van der Waals surface area contributed by atoms with Gasteiger partial charge in [0.15, 0.2) is 0 Å². The van der Waals surface area contributed by atoms with Crippen molar-refractivity contribution in [2.24, 2.45) is 0 Å². The number of nitrogens with zero attached hydrogens (tertiary/aromatic N) is 2. The molecule has 1 fully saturated rings. The Bertz CT molecular complexity index is 1690. The Hall–Kier alpha value is -3.30. The number of hydrogen-bond donors (Lipinski definition) is 0. The first-order chi connectivity index (χ1) is 16.3. The van der Waals surface area contributed by atoms with Crippen LogP contribution in [0.15, 0.2) is 72.9 Å². The van der Waals surface area contributed by atoms with Crippen molar-refractivity contribution in [3.05, 3.63) is 84.1 Å². The van der Waals surface area contributed by atoms with E-state index in [-0.39, 0.29) is 0 Å². The summed E-state index contributed by atoms with van der Waals surface area (Å²) in [4.78, 5) is 11.0. The van der Waals surface area contributed by atoms with Crippen molar-refractivity contribution >= 4 is 53.3 Å². The van der Waals surface area contributed by atoms with Gasteiger partial charge in [0.2, 0.25) is 0 Å². The molecule has 1 aliphatic rings. The third kappa shape index (κ3) is 2.99. The summed E-state index contributed by atoms with van der Waals surface area (Å²) in [6.07, 6.45) is 7.09. The summed E-state index contributed by atoms with van der Waals surface area (Å²) in [6.45, 7) is 2.19. The Balaban J connectivity index is 1.57. The smallest absolute Gasteiger partial charge is 0.124 e. The number of fused-ring (bicyclic) bond motifs is 6. The first-order valence-electron chi connectivity index (χ1n) is 11.9. The zero-order chi connectivity index (χ0) is 21.9. The number of pyridine rings is 2. The molecule has 160 valence electrons. The number of aryl methyl sites for hydroxylation is 1. The van der Waals surface area contributed by atoms with Crippen molar-refractivity contribution in [3.8, 4) is 11.3 Å². The largest absolute Gasteiger partial charge is 0.248 e. The van der Waals surface area contributed by atoms with Crippen LogP contribution in [0.3, 0.4) is 0 Å². The van der Waals surface area contributed by atoms with Crippen LogP contribution in [0.2, 0.25) is 0 Å². The molecule has 0 atom stereocenters. The Labute approximate surface area is 196 Å². The molecule has 0 spiro atoms. The van der Waals surface area contributed by atoms with Crippen molar-refractivity contribution < 1.29 is 0 Å². The predicted octanol–water partition coefficient (Wildman–Crippen LogP) is 8.78. The van der Waals surface area contributed by atoms with Crippen LogP contribution in [0.4, 0.5) is 0 Å². The van der Waals surface area contributed by atoms with Gasteiger partial charge in [-0.3, -0.25) is 0 Å². The molecule has 0 radical (unpaired) electrons. The van der Waals surface area contributed by atoms with Gasteiger partial charge in [-0.15, -0.1) is 11.3 Å². The lowest BCUT2D eigenvalue weighted by Crippen LogP contribution is -1.98. The summed E-state index contributed by atoms with van der Waals surface area (Å²) in [6, 6.07) is 24.5. The Kier molecular flexibility index (Phi) is 4.28. The van der Waals surface area contributed by atoms with E-state index >= 15 is 0 Å². The zero-order valence-corrected chi connectivity index (χ0v) is 19.5. The van der Waals surface area contributed by atoms with Gasteiger partial charge in [-0.25, -0.2) is 9.97 Å². The topological polar surface area (TPSA) is 25.8 Å². The van der Waals surface area contributed by atoms with Crippen LogP contribution in [-0.2, 0) is 0 Å². The molecule has 0 saturated heterocycles. The molecule has 7 rings (SSSR count). The first-order valence-corrected chi connectivity index (χ1v) is 12.7. The molecular weight excluding hydrogens is 420 g/mol. The minimum Gasteiger partial charge on any atom is -0.248 e. The molecule has 0 amide bonds. The summed E-state index contributed by atoms with van der Waals surface area (Å²) in [5.41, 5.74) is 6.20. The normalized spacial score (nSPS) is 14.8. The average Bonchev–Trinajstić information content (AvgIpc) is 3.51. The van der Waals surface area contributed by atoms with Crippen LogP contribution in [-0.4, -0.2) is 9.97 Å². The summed E-state index contributed by atoms with van der Waals surface area (Å²) in [5, 5.41) is 6.51. The second kappa shape index (κ2) is 7.36. The van der Waals surface area contributed by atoms with Gasteiger partial charge in [-0.1, -0.05) is 43.2 Å². The maximum Gasteiger partial charge on any atom is 0.124 e. The van der Waals surface area contributed by atoms with E-state index in [1.54, 1.807) is 11.3 Å². The van der Waals surface area contributed by atoms with Gasteiger partial charge in [0.05, 0.1) is 11.2 Å². The second-order valence-corrected chi connectivity index (χ2v) is 10.4. The molecule has 3 heterocycles. The van der Waals surface area contributed by atoms with E-state index in [0.717, 1.165) is 16.0 Å². The highest BCUT2D eigenvalue weighted by molar-refractivity contribution is 7.26. The van der Waals surface area contributed by atoms with Crippen LogP contribution in [0.1, 0.15) is 42.7 Å². The van der Waals surface area contributed by atoms with Gasteiger partial charge < -0.3 is 0 Å². The lowest BCUT2D eigenvalue weighted by molar-refractivity contribution is 0.729. The number of aromatic nitrogens is 2. The monoisotopic (exact) mass is 444 g/mol. The quantitative estimate of drug-likeness (QED) is 0.249. The van der Waals surface area contributed by atoms with Crippen LogP contribution in [0, 0.1) is 6.92 Å². The fourth-order valence-electron chi connectivity index (χ4n) is 5.78. The fraction of sp³-hybridized carbons (Fsp3) is 0.200. The number of thiophene rings is 1. The molecule has 0 N–H and O–H groups in total. The van der Waals surface area contributed by atoms with Crippen molar-refractivity contribution in [1.82, 2.24) is 9.97 Å². The van der Waals surface area contributed by atoms with Gasteiger partial charge >= 0.3 is 0 Å². The standard InChI is InChI=1S/C30H24N2S/c1-18-15-24-22-11-6-14-31-30(22)33-29(24)25(16-18)27-17-23(19-7-2-3-8-19)28-21-10-5-4-9-20(21)12-13-26(28)32-27/h4-6,9-17,19H,2-3,7-8H2,1H3. The van der Waals surface area contributed by atoms with Crippen molar-refractivity contribution in [1.29, 1.82) is 0 Å². The molecule has 6 aromatic rings. The molecule has 0 unspecified atom stereocenters. The van der Waals surface area contributed by atoms with Gasteiger partial charge in [0, 0.05) is 32.6 Å². The van der Waals surface area contributed by atoms with Crippen molar-refractivity contribution in [2.75, 3.05) is 0 Å². The van der Waals surface area contributed by atoms with Gasteiger partial charge in [-0.2, -0.15) is 0 Å². The third-order valence-electron chi connectivity index (χ3n) is 7.29. The van der Waals surface area contributed by atoms with Crippen molar-refractivity contribution in [2.45, 2.75) is 38.5 Å². The number of rotatable bonds is 2. The van der Waals surface area contributed by atoms with E-state index in [9.17, 15) is 0 Å². The third-order valence-corrected chi connectivity index (χ3v) is 8.46. The highest BCUT2D eigenvalue weighted by atomic mass is 32.1. The second-order valence-electron chi connectivity index (χ2n) is 9.41. The molecule has 1 saturated carbocycles. The SMILES string of the molecule is Cc1cc(-c2cc(C3CCCC3)c3c(ccc4ccccc43)n2)c2sc3ncccc3c2c1. The lowest BCUT2D eigenvalue weighted by Gasteiger charge is -2.17. The van der Waals surface area contributed by atoms with E-state index < -0.39 is 0 Å². The number of hydrogen-bond acceptors (Lipinski definition) is 3. The lowest BCUT2D eigenvalue weighted by atomic mass is 9.89. The van der Waals surface area contributed by atoms with E-state index in [0.29, 0.717) is 5.92 Å². The Morgan fingerprint density at radius 1 is 0.848 bits per heavy atom. The Morgan fingerprint density at radius 2 is 1.70 bits per heavy atom. The summed E-state index contributed by atoms with van der Waals surface area (Å²) >= 11 is 1.79. The van der Waals surface area contributed by atoms with Gasteiger partial charge in [0.1, 0.15) is 4.83 Å².